The maximum atomic E-state index is 13.3. The number of amides is 1. The van der Waals surface area contributed by atoms with Crippen LogP contribution in [0.3, 0.4) is 0 Å². The molecular weight excluding hydrogens is 344 g/mol. The van der Waals surface area contributed by atoms with Crippen LogP contribution in [0, 0.1) is 5.92 Å². The predicted octanol–water partition coefficient (Wildman–Crippen LogP) is 2.55. The van der Waals surface area contributed by atoms with E-state index in [0.717, 1.165) is 44.2 Å². The van der Waals surface area contributed by atoms with Crippen molar-refractivity contribution in [1.82, 2.24) is 9.80 Å². The summed E-state index contributed by atoms with van der Waals surface area (Å²) < 4.78 is 6.00. The molecule has 6 heteroatoms. The number of likely N-dealkylation sites (N-methyl/N-ethyl adjacent to an activating group) is 1. The largest absolute Gasteiger partial charge is 0.480 e. The second-order valence-corrected chi connectivity index (χ2v) is 7.67. The molecule has 3 atom stereocenters. The quantitative estimate of drug-likeness (QED) is 0.858. The van der Waals surface area contributed by atoms with E-state index in [-0.39, 0.29) is 30.5 Å². The van der Waals surface area contributed by atoms with Gasteiger partial charge >= 0.3 is 5.97 Å². The van der Waals surface area contributed by atoms with Gasteiger partial charge in [0.25, 0.3) is 0 Å². The number of carbonyl (C=O) groups excluding carboxylic acids is 1. The number of benzene rings is 1. The third-order valence-corrected chi connectivity index (χ3v) is 5.78. The van der Waals surface area contributed by atoms with E-state index in [1.807, 2.05) is 47.2 Å². The lowest BCUT2D eigenvalue weighted by Crippen LogP contribution is -2.42. The summed E-state index contributed by atoms with van der Waals surface area (Å²) >= 11 is 0. The highest BCUT2D eigenvalue weighted by molar-refractivity contribution is 5.80. The topological polar surface area (TPSA) is 70.1 Å². The number of rotatable bonds is 5. The molecule has 1 N–H and O–H groups in total. The molecular formula is C21H30N2O4. The van der Waals surface area contributed by atoms with Crippen LogP contribution < -0.4 is 0 Å². The number of hydrogen-bond acceptors (Lipinski definition) is 4. The van der Waals surface area contributed by atoms with Gasteiger partial charge in [0.15, 0.2) is 0 Å². The van der Waals surface area contributed by atoms with Crippen molar-refractivity contribution in [1.29, 1.82) is 0 Å². The summed E-state index contributed by atoms with van der Waals surface area (Å²) in [6.07, 6.45) is 4.26. The number of carboxylic acid groups (broad SMARTS) is 1. The Balaban J connectivity index is 1.65. The predicted molar refractivity (Wildman–Crippen MR) is 102 cm³/mol. The number of likely N-dealkylation sites (tertiary alicyclic amines) is 1. The maximum Gasteiger partial charge on any atom is 0.317 e. The highest BCUT2D eigenvalue weighted by Crippen LogP contribution is 2.35. The first-order valence-corrected chi connectivity index (χ1v) is 9.93. The molecule has 0 saturated carbocycles. The fourth-order valence-corrected chi connectivity index (χ4v) is 4.32. The molecule has 1 aromatic carbocycles. The third-order valence-electron chi connectivity index (χ3n) is 5.78. The highest BCUT2D eigenvalue weighted by Gasteiger charge is 2.36. The number of carboxylic acids is 1. The van der Waals surface area contributed by atoms with Crippen molar-refractivity contribution in [2.24, 2.45) is 5.92 Å². The molecule has 3 rings (SSSR count). The van der Waals surface area contributed by atoms with Crippen LogP contribution in [-0.2, 0) is 14.3 Å². The van der Waals surface area contributed by atoms with Crippen molar-refractivity contribution in [3.63, 3.8) is 0 Å². The Labute approximate surface area is 161 Å². The molecule has 0 aliphatic carbocycles. The van der Waals surface area contributed by atoms with E-state index in [9.17, 15) is 9.59 Å². The van der Waals surface area contributed by atoms with E-state index in [2.05, 4.69) is 0 Å². The van der Waals surface area contributed by atoms with Gasteiger partial charge in [-0.05, 0) is 44.7 Å². The fourth-order valence-electron chi connectivity index (χ4n) is 4.32. The third kappa shape index (κ3) is 5.08. The first kappa shape index (κ1) is 19.8. The van der Waals surface area contributed by atoms with Crippen LogP contribution >= 0.6 is 0 Å². The number of carbonyl (C=O) groups is 2. The molecule has 0 spiro atoms. The first-order chi connectivity index (χ1) is 13.1. The van der Waals surface area contributed by atoms with Crippen molar-refractivity contribution < 1.29 is 19.4 Å². The monoisotopic (exact) mass is 374 g/mol. The summed E-state index contributed by atoms with van der Waals surface area (Å²) in [4.78, 5) is 28.1. The Bertz CT molecular complexity index is 636. The van der Waals surface area contributed by atoms with Crippen molar-refractivity contribution in [2.75, 3.05) is 33.3 Å². The van der Waals surface area contributed by atoms with E-state index >= 15 is 0 Å². The van der Waals surface area contributed by atoms with Gasteiger partial charge in [0.1, 0.15) is 0 Å². The molecule has 1 aromatic rings. The lowest BCUT2D eigenvalue weighted by atomic mass is 9.88. The summed E-state index contributed by atoms with van der Waals surface area (Å²) in [5.74, 6) is -0.751. The van der Waals surface area contributed by atoms with E-state index in [1.165, 1.54) is 0 Å². The van der Waals surface area contributed by atoms with Gasteiger partial charge < -0.3 is 14.7 Å². The molecule has 0 aromatic heterocycles. The standard InChI is InChI=1S/C21H30N2O4/c1-22(15-19(24)25)17-9-5-12-23(13-11-17)21(26)18-10-6-14-27-20(18)16-7-3-2-4-8-16/h2-4,7-8,17-18,20H,5-6,9-15H2,1H3,(H,24,25). The lowest BCUT2D eigenvalue weighted by molar-refractivity contribution is -0.145. The summed E-state index contributed by atoms with van der Waals surface area (Å²) in [5.41, 5.74) is 1.07. The number of nitrogens with zero attached hydrogens (tertiary/aromatic N) is 2. The molecule has 27 heavy (non-hydrogen) atoms. The molecule has 2 saturated heterocycles. The van der Waals surface area contributed by atoms with E-state index in [0.29, 0.717) is 13.2 Å². The zero-order valence-corrected chi connectivity index (χ0v) is 16.0. The molecule has 2 aliphatic rings. The summed E-state index contributed by atoms with van der Waals surface area (Å²) in [6, 6.07) is 10.2. The van der Waals surface area contributed by atoms with Crippen LogP contribution in [0.2, 0.25) is 0 Å². The van der Waals surface area contributed by atoms with Crippen molar-refractivity contribution in [2.45, 2.75) is 44.2 Å². The molecule has 148 valence electrons. The summed E-state index contributed by atoms with van der Waals surface area (Å²) in [5, 5.41) is 9.01. The molecule has 6 nitrogen and oxygen atoms in total. The van der Waals surface area contributed by atoms with Gasteiger partial charge in [0.05, 0.1) is 18.6 Å². The van der Waals surface area contributed by atoms with Crippen molar-refractivity contribution in [3.05, 3.63) is 35.9 Å². The Hall–Kier alpha value is -1.92. The zero-order chi connectivity index (χ0) is 19.2. The van der Waals surface area contributed by atoms with Crippen molar-refractivity contribution in [3.8, 4) is 0 Å². The SMILES string of the molecule is CN(CC(=O)O)C1CCCN(C(=O)C2CCCOC2c2ccccc2)CC1. The summed E-state index contributed by atoms with van der Waals surface area (Å²) in [6.45, 7) is 2.18. The molecule has 3 unspecified atom stereocenters. The smallest absolute Gasteiger partial charge is 0.317 e. The van der Waals surface area contributed by atoms with Crippen molar-refractivity contribution >= 4 is 11.9 Å². The zero-order valence-electron chi connectivity index (χ0n) is 16.0. The van der Waals surface area contributed by atoms with Crippen LogP contribution in [0.15, 0.2) is 30.3 Å². The van der Waals surface area contributed by atoms with Gasteiger partial charge in [-0.2, -0.15) is 0 Å². The van der Waals surface area contributed by atoms with Crippen LogP contribution in [0.5, 0.6) is 0 Å². The molecule has 0 radical (unpaired) electrons. The molecule has 2 heterocycles. The Morgan fingerprint density at radius 2 is 1.93 bits per heavy atom. The minimum atomic E-state index is -0.806. The average molecular weight is 374 g/mol. The normalized spacial score (nSPS) is 26.6. The Kier molecular flexibility index (Phi) is 6.85. The minimum absolute atomic E-state index is 0.0468. The maximum absolute atomic E-state index is 13.3. The van der Waals surface area contributed by atoms with Gasteiger partial charge in [-0.1, -0.05) is 30.3 Å². The van der Waals surface area contributed by atoms with E-state index in [4.69, 9.17) is 9.84 Å². The molecule has 2 fully saturated rings. The van der Waals surface area contributed by atoms with Gasteiger partial charge in [-0.3, -0.25) is 14.5 Å². The van der Waals surface area contributed by atoms with Gasteiger partial charge in [-0.25, -0.2) is 0 Å². The van der Waals surface area contributed by atoms with Crippen LogP contribution in [-0.4, -0.2) is 66.1 Å². The second-order valence-electron chi connectivity index (χ2n) is 7.67. The minimum Gasteiger partial charge on any atom is -0.480 e. The summed E-state index contributed by atoms with van der Waals surface area (Å²) in [7, 11) is 1.86. The lowest BCUT2D eigenvalue weighted by Gasteiger charge is -2.35. The van der Waals surface area contributed by atoms with E-state index in [1.54, 1.807) is 0 Å². The molecule has 1 amide bonds. The Morgan fingerprint density at radius 3 is 2.67 bits per heavy atom. The number of aliphatic carboxylic acids is 1. The van der Waals surface area contributed by atoms with Crippen LogP contribution in [0.25, 0.3) is 0 Å². The Morgan fingerprint density at radius 1 is 1.15 bits per heavy atom. The first-order valence-electron chi connectivity index (χ1n) is 9.93. The van der Waals surface area contributed by atoms with Gasteiger partial charge in [0, 0.05) is 25.7 Å². The fraction of sp³-hybridized carbons (Fsp3) is 0.619. The number of hydrogen-bond donors (Lipinski definition) is 1. The second kappa shape index (κ2) is 9.33. The van der Waals surface area contributed by atoms with E-state index < -0.39 is 5.97 Å². The average Bonchev–Trinajstić information content (AvgIpc) is 2.94. The molecule has 0 bridgehead atoms. The number of ether oxygens (including phenoxy) is 1. The van der Waals surface area contributed by atoms with Crippen LogP contribution in [0.4, 0.5) is 0 Å². The van der Waals surface area contributed by atoms with Gasteiger partial charge in [0.2, 0.25) is 5.91 Å². The highest BCUT2D eigenvalue weighted by atomic mass is 16.5. The van der Waals surface area contributed by atoms with Gasteiger partial charge in [-0.15, -0.1) is 0 Å². The van der Waals surface area contributed by atoms with Crippen LogP contribution in [0.1, 0.15) is 43.8 Å². The molecule has 2 aliphatic heterocycles.